The Morgan fingerprint density at radius 1 is 1.07 bits per heavy atom. The van der Waals surface area contributed by atoms with Gasteiger partial charge >= 0.3 is 0 Å². The molecule has 6 nitrogen and oxygen atoms in total. The highest BCUT2D eigenvalue weighted by Gasteiger charge is 2.28. The van der Waals surface area contributed by atoms with Crippen LogP contribution in [0.15, 0.2) is 53.4 Å². The summed E-state index contributed by atoms with van der Waals surface area (Å²) in [6, 6.07) is 15.0. The zero-order valence-corrected chi connectivity index (χ0v) is 18.8. The van der Waals surface area contributed by atoms with Gasteiger partial charge in [-0.2, -0.15) is 4.31 Å². The van der Waals surface area contributed by atoms with E-state index in [1.807, 2.05) is 39.1 Å². The second-order valence-electron chi connectivity index (χ2n) is 8.08. The van der Waals surface area contributed by atoms with E-state index in [4.69, 9.17) is 0 Å². The molecule has 2 aromatic rings. The normalized spacial score (nSPS) is 16.9. The zero-order valence-electron chi connectivity index (χ0n) is 18.0. The van der Waals surface area contributed by atoms with Gasteiger partial charge in [0.2, 0.25) is 10.0 Å². The van der Waals surface area contributed by atoms with Gasteiger partial charge in [-0.25, -0.2) is 8.42 Å². The number of carbonyl (C=O) groups is 1. The summed E-state index contributed by atoms with van der Waals surface area (Å²) in [5.74, 6) is -0.233. The first-order valence-corrected chi connectivity index (χ1v) is 11.9. The van der Waals surface area contributed by atoms with Crippen LogP contribution in [-0.4, -0.2) is 62.8 Å². The number of hydrogen-bond acceptors (Lipinski definition) is 4. The quantitative estimate of drug-likeness (QED) is 0.735. The van der Waals surface area contributed by atoms with Crippen molar-refractivity contribution in [1.82, 2.24) is 14.5 Å². The van der Waals surface area contributed by atoms with Gasteiger partial charge in [0.25, 0.3) is 5.91 Å². The molecule has 0 unspecified atom stereocenters. The van der Waals surface area contributed by atoms with Gasteiger partial charge in [-0.3, -0.25) is 4.79 Å². The molecule has 0 saturated carbocycles. The number of nitrogens with one attached hydrogen (secondary N) is 1. The lowest BCUT2D eigenvalue weighted by Gasteiger charge is -2.31. The van der Waals surface area contributed by atoms with Crippen LogP contribution in [0.5, 0.6) is 0 Å². The smallest absolute Gasteiger partial charge is 0.251 e. The number of piperazine rings is 1. The van der Waals surface area contributed by atoms with Crippen molar-refractivity contribution in [2.75, 3.05) is 33.2 Å². The summed E-state index contributed by atoms with van der Waals surface area (Å²) < 4.78 is 27.6. The van der Waals surface area contributed by atoms with Crippen LogP contribution in [0.3, 0.4) is 0 Å². The third-order valence-corrected chi connectivity index (χ3v) is 7.53. The molecule has 0 aliphatic carbocycles. The number of rotatable bonds is 7. The lowest BCUT2D eigenvalue weighted by atomic mass is 10.0. The molecule has 1 aliphatic rings. The number of likely N-dealkylation sites (N-methyl/N-ethyl adjacent to an activating group) is 1. The lowest BCUT2D eigenvalue weighted by molar-refractivity contribution is 0.0937. The van der Waals surface area contributed by atoms with Crippen LogP contribution in [0.25, 0.3) is 0 Å². The molecule has 1 fully saturated rings. The molecule has 1 amide bonds. The lowest BCUT2D eigenvalue weighted by Crippen LogP contribution is -2.47. The fourth-order valence-electron chi connectivity index (χ4n) is 3.59. The molecule has 1 heterocycles. The predicted octanol–water partition coefficient (Wildman–Crippen LogP) is 2.68. The number of hydrogen-bond donors (Lipinski definition) is 1. The molecule has 1 saturated heterocycles. The van der Waals surface area contributed by atoms with Gasteiger partial charge in [-0.05, 0) is 57.0 Å². The van der Waals surface area contributed by atoms with Crippen molar-refractivity contribution in [2.45, 2.75) is 37.6 Å². The van der Waals surface area contributed by atoms with Gasteiger partial charge in [-0.15, -0.1) is 0 Å². The van der Waals surface area contributed by atoms with E-state index < -0.39 is 10.0 Å². The van der Waals surface area contributed by atoms with Crippen molar-refractivity contribution in [3.8, 4) is 0 Å². The third-order valence-electron chi connectivity index (χ3n) is 5.64. The summed E-state index contributed by atoms with van der Waals surface area (Å²) in [5.41, 5.74) is 2.41. The largest absolute Gasteiger partial charge is 0.350 e. The molecule has 30 heavy (non-hydrogen) atoms. The van der Waals surface area contributed by atoms with Gasteiger partial charge in [0, 0.05) is 37.8 Å². The van der Waals surface area contributed by atoms with Crippen molar-refractivity contribution >= 4 is 15.9 Å². The van der Waals surface area contributed by atoms with Gasteiger partial charge in [0.05, 0.1) is 4.90 Å². The SMILES string of the molecule is Cc1ccc(S(=O)(=O)N2CCN(C)CC2)cc1C(=O)N[C@@H](C)CCc1ccccc1. The number of amides is 1. The van der Waals surface area contributed by atoms with E-state index in [0.717, 1.165) is 18.4 Å². The van der Waals surface area contributed by atoms with Gasteiger partial charge in [0.15, 0.2) is 0 Å². The topological polar surface area (TPSA) is 69.7 Å². The molecule has 162 valence electrons. The molecular weight excluding hydrogens is 398 g/mol. The molecule has 1 aliphatic heterocycles. The Balaban J connectivity index is 1.68. The van der Waals surface area contributed by atoms with E-state index >= 15 is 0 Å². The summed E-state index contributed by atoms with van der Waals surface area (Å²) in [5, 5.41) is 3.02. The van der Waals surface area contributed by atoms with Crippen LogP contribution in [-0.2, 0) is 16.4 Å². The maximum Gasteiger partial charge on any atom is 0.251 e. The van der Waals surface area contributed by atoms with E-state index in [1.54, 1.807) is 12.1 Å². The zero-order chi connectivity index (χ0) is 21.7. The highest BCUT2D eigenvalue weighted by Crippen LogP contribution is 2.21. The summed E-state index contributed by atoms with van der Waals surface area (Å²) in [7, 11) is -1.62. The van der Waals surface area contributed by atoms with Gasteiger partial charge in [0.1, 0.15) is 0 Å². The molecule has 0 bridgehead atoms. The minimum absolute atomic E-state index is 0.0185. The monoisotopic (exact) mass is 429 g/mol. The van der Waals surface area contributed by atoms with Crippen molar-refractivity contribution < 1.29 is 13.2 Å². The first kappa shape index (κ1) is 22.5. The molecule has 0 spiro atoms. The van der Waals surface area contributed by atoms with E-state index in [2.05, 4.69) is 22.3 Å². The van der Waals surface area contributed by atoms with Crippen LogP contribution < -0.4 is 5.32 Å². The Morgan fingerprint density at radius 3 is 2.40 bits per heavy atom. The summed E-state index contributed by atoms with van der Waals surface area (Å²) in [6.07, 6.45) is 1.69. The maximum absolute atomic E-state index is 13.0. The van der Waals surface area contributed by atoms with Crippen molar-refractivity contribution in [3.63, 3.8) is 0 Å². The minimum atomic E-state index is -3.61. The van der Waals surface area contributed by atoms with E-state index in [0.29, 0.717) is 31.7 Å². The van der Waals surface area contributed by atoms with Gasteiger partial charge < -0.3 is 10.2 Å². The molecule has 7 heteroatoms. The number of nitrogens with zero attached hydrogens (tertiary/aromatic N) is 2. The fraction of sp³-hybridized carbons (Fsp3) is 0.435. The van der Waals surface area contributed by atoms with E-state index in [1.165, 1.54) is 15.9 Å². The average molecular weight is 430 g/mol. The second kappa shape index (κ2) is 9.73. The average Bonchev–Trinajstić information content (AvgIpc) is 2.73. The Bertz CT molecular complexity index is 968. The number of carbonyl (C=O) groups excluding carboxylic acids is 1. The standard InChI is InChI=1S/C23H31N3O3S/c1-18-9-12-21(30(28,29)26-15-13-25(3)14-16-26)17-22(18)23(27)24-19(2)10-11-20-7-5-4-6-8-20/h4-9,12,17,19H,10-11,13-16H2,1-3H3,(H,24,27)/t19-/m0/s1. The second-order valence-corrected chi connectivity index (χ2v) is 10.0. The molecule has 0 radical (unpaired) electrons. The number of benzene rings is 2. The molecule has 1 N–H and O–H groups in total. The van der Waals surface area contributed by atoms with Gasteiger partial charge in [-0.1, -0.05) is 36.4 Å². The molecular formula is C23H31N3O3S. The molecule has 2 aromatic carbocycles. The summed E-state index contributed by atoms with van der Waals surface area (Å²) in [4.78, 5) is 15.1. The first-order valence-electron chi connectivity index (χ1n) is 10.4. The van der Waals surface area contributed by atoms with Crippen LogP contribution in [0, 0.1) is 6.92 Å². The van der Waals surface area contributed by atoms with Crippen LogP contribution in [0.1, 0.15) is 34.8 Å². The Morgan fingerprint density at radius 2 is 1.73 bits per heavy atom. The third kappa shape index (κ3) is 5.47. The Hall–Kier alpha value is -2.22. The van der Waals surface area contributed by atoms with Crippen molar-refractivity contribution in [2.24, 2.45) is 0 Å². The van der Waals surface area contributed by atoms with E-state index in [9.17, 15) is 13.2 Å². The number of sulfonamides is 1. The summed E-state index contributed by atoms with van der Waals surface area (Å²) in [6.45, 7) is 6.14. The Kier molecular flexibility index (Phi) is 7.28. The molecule has 0 aromatic heterocycles. The van der Waals surface area contributed by atoms with Crippen molar-refractivity contribution in [1.29, 1.82) is 0 Å². The summed E-state index contributed by atoms with van der Waals surface area (Å²) >= 11 is 0. The molecule has 3 rings (SSSR count). The number of aryl methyl sites for hydroxylation is 2. The fourth-order valence-corrected chi connectivity index (χ4v) is 5.03. The first-order chi connectivity index (χ1) is 14.3. The van der Waals surface area contributed by atoms with Crippen LogP contribution in [0.4, 0.5) is 0 Å². The predicted molar refractivity (Wildman–Crippen MR) is 119 cm³/mol. The van der Waals surface area contributed by atoms with Crippen LogP contribution >= 0.6 is 0 Å². The highest BCUT2D eigenvalue weighted by atomic mass is 32.2. The maximum atomic E-state index is 13.0. The Labute approximate surface area is 179 Å². The van der Waals surface area contributed by atoms with Crippen molar-refractivity contribution in [3.05, 3.63) is 65.2 Å². The molecule has 1 atom stereocenters. The minimum Gasteiger partial charge on any atom is -0.350 e. The highest BCUT2D eigenvalue weighted by molar-refractivity contribution is 7.89. The van der Waals surface area contributed by atoms with Crippen LogP contribution in [0.2, 0.25) is 0 Å². The van der Waals surface area contributed by atoms with E-state index in [-0.39, 0.29) is 16.8 Å².